The Balaban J connectivity index is 1.34. The summed E-state index contributed by atoms with van der Waals surface area (Å²) in [6.07, 6.45) is 1.58. The van der Waals surface area contributed by atoms with E-state index in [2.05, 4.69) is 20.8 Å². The van der Waals surface area contributed by atoms with E-state index >= 15 is 0 Å². The van der Waals surface area contributed by atoms with E-state index < -0.39 is 17.6 Å². The lowest BCUT2D eigenvalue weighted by atomic mass is 9.94. The molecule has 2 atom stereocenters. The number of imide groups is 1. The molecule has 1 aromatic heterocycles. The van der Waals surface area contributed by atoms with E-state index in [0.717, 1.165) is 34.7 Å². The van der Waals surface area contributed by atoms with Gasteiger partial charge in [0, 0.05) is 37.0 Å². The van der Waals surface area contributed by atoms with Crippen molar-refractivity contribution in [3.05, 3.63) is 46.8 Å². The number of H-pyrrole nitrogens is 1. The fourth-order valence-corrected chi connectivity index (χ4v) is 5.13. The van der Waals surface area contributed by atoms with Gasteiger partial charge in [0.05, 0.1) is 11.7 Å². The molecule has 1 aliphatic carbocycles. The van der Waals surface area contributed by atoms with Crippen LogP contribution in [0.1, 0.15) is 47.8 Å². The molecule has 2 fully saturated rings. The third-order valence-electron chi connectivity index (χ3n) is 6.78. The normalized spacial score (nSPS) is 23.4. The molecule has 3 aliphatic rings. The first kappa shape index (κ1) is 21.9. The molecule has 1 spiro atoms. The first-order valence-corrected chi connectivity index (χ1v) is 11.3. The van der Waals surface area contributed by atoms with E-state index in [4.69, 9.17) is 4.74 Å². The van der Waals surface area contributed by atoms with Crippen molar-refractivity contribution in [3.8, 4) is 0 Å². The van der Waals surface area contributed by atoms with Crippen LogP contribution >= 0.6 is 0 Å². The number of fused-ring (bicyclic) bond motifs is 2. The summed E-state index contributed by atoms with van der Waals surface area (Å²) in [4.78, 5) is 53.5. The van der Waals surface area contributed by atoms with Gasteiger partial charge >= 0.3 is 12.1 Å². The topological polar surface area (TPSA) is 137 Å². The van der Waals surface area contributed by atoms with Gasteiger partial charge in [-0.25, -0.2) is 14.5 Å². The van der Waals surface area contributed by atoms with Crippen molar-refractivity contribution in [1.82, 2.24) is 25.3 Å². The molecule has 34 heavy (non-hydrogen) atoms. The van der Waals surface area contributed by atoms with Crippen LogP contribution in [-0.4, -0.2) is 64.1 Å². The maximum atomic E-state index is 13.4. The second-order valence-electron chi connectivity index (χ2n) is 8.88. The number of nitrogens with one attached hydrogen (secondary N) is 3. The highest BCUT2D eigenvalue weighted by atomic mass is 16.6. The van der Waals surface area contributed by atoms with Crippen LogP contribution in [0.2, 0.25) is 0 Å². The zero-order valence-electron chi connectivity index (χ0n) is 19.0. The van der Waals surface area contributed by atoms with Crippen LogP contribution in [0.3, 0.4) is 0 Å². The van der Waals surface area contributed by atoms with E-state index in [1.807, 2.05) is 13.0 Å². The molecule has 3 N–H and O–H groups in total. The van der Waals surface area contributed by atoms with Gasteiger partial charge in [0.15, 0.2) is 0 Å². The van der Waals surface area contributed by atoms with E-state index in [1.54, 1.807) is 23.1 Å². The summed E-state index contributed by atoms with van der Waals surface area (Å²) in [5.74, 6) is -0.836. The van der Waals surface area contributed by atoms with Crippen LogP contribution < -0.4 is 10.6 Å². The third-order valence-corrected chi connectivity index (χ3v) is 6.78. The maximum Gasteiger partial charge on any atom is 0.418 e. The third kappa shape index (κ3) is 3.47. The van der Waals surface area contributed by atoms with Gasteiger partial charge in [0.25, 0.3) is 5.91 Å². The fraction of sp³-hybridized carbons (Fsp3) is 0.435. The molecule has 5 rings (SSSR count). The number of amides is 5. The summed E-state index contributed by atoms with van der Waals surface area (Å²) in [6.45, 7) is 2.07. The number of aryl methyl sites for hydroxylation is 2. The van der Waals surface area contributed by atoms with Gasteiger partial charge < -0.3 is 20.3 Å². The lowest BCUT2D eigenvalue weighted by molar-refractivity contribution is -0.142. The van der Waals surface area contributed by atoms with Gasteiger partial charge in [0.2, 0.25) is 11.5 Å². The van der Waals surface area contributed by atoms with Crippen LogP contribution in [0.4, 0.5) is 15.3 Å². The fourth-order valence-electron chi connectivity index (χ4n) is 5.13. The molecule has 0 radical (unpaired) electrons. The second kappa shape index (κ2) is 8.15. The average molecular weight is 466 g/mol. The highest BCUT2D eigenvalue weighted by Gasteiger charge is 2.58. The van der Waals surface area contributed by atoms with Crippen LogP contribution in [-0.2, 0) is 26.3 Å². The number of carbonyl (C=O) groups excluding carboxylic acids is 4. The number of aromatic nitrogens is 2. The Labute approximate surface area is 195 Å². The standard InChI is InChI=1S/C23H26N6O5/c1-13-10-17(27-26-13)18-4-3-9-28(18)19(30)12-29-20(31)23(34-22(29)33)8-7-14-11-15(5-6-16(14)23)25-21(32)24-2/h5-6,10-11,18H,3-4,7-9,12H2,1-2H3,(H,26,27)(H2,24,25,32)/t18-,23?/m0/s1. The van der Waals surface area contributed by atoms with Gasteiger partial charge in [-0.1, -0.05) is 6.07 Å². The van der Waals surface area contributed by atoms with Crippen LogP contribution in [0, 0.1) is 6.92 Å². The van der Waals surface area contributed by atoms with Gasteiger partial charge in [0.1, 0.15) is 6.54 Å². The van der Waals surface area contributed by atoms with Crippen molar-refractivity contribution in [1.29, 1.82) is 0 Å². The lowest BCUT2D eigenvalue weighted by Crippen LogP contribution is -2.44. The number of nitrogens with zero attached hydrogens (tertiary/aromatic N) is 3. The monoisotopic (exact) mass is 466 g/mol. The molecule has 2 aliphatic heterocycles. The molecule has 0 saturated carbocycles. The minimum atomic E-state index is -1.43. The van der Waals surface area contributed by atoms with E-state index in [9.17, 15) is 19.2 Å². The van der Waals surface area contributed by atoms with Gasteiger partial charge in [-0.2, -0.15) is 5.10 Å². The number of aromatic amines is 1. The van der Waals surface area contributed by atoms with E-state index in [0.29, 0.717) is 30.6 Å². The Hall–Kier alpha value is -3.89. The maximum absolute atomic E-state index is 13.4. The summed E-state index contributed by atoms with van der Waals surface area (Å²) in [5.41, 5.74) is 2.24. The minimum absolute atomic E-state index is 0.182. The second-order valence-corrected chi connectivity index (χ2v) is 8.88. The van der Waals surface area contributed by atoms with Crippen molar-refractivity contribution in [2.24, 2.45) is 0 Å². The minimum Gasteiger partial charge on any atom is -0.427 e. The molecule has 3 heterocycles. The van der Waals surface area contributed by atoms with Gasteiger partial charge in [-0.3, -0.25) is 14.7 Å². The zero-order chi connectivity index (χ0) is 24.0. The number of anilines is 1. The van der Waals surface area contributed by atoms with E-state index in [1.165, 1.54) is 7.05 Å². The highest BCUT2D eigenvalue weighted by Crippen LogP contribution is 2.46. The van der Waals surface area contributed by atoms with Crippen molar-refractivity contribution < 1.29 is 23.9 Å². The molecule has 2 aromatic rings. The molecule has 1 aromatic carbocycles. The van der Waals surface area contributed by atoms with Gasteiger partial charge in [-0.05, 0) is 49.9 Å². The predicted octanol–water partition coefficient (Wildman–Crippen LogP) is 1.95. The Bertz CT molecular complexity index is 1190. The first-order chi connectivity index (χ1) is 16.3. The Morgan fingerprint density at radius 3 is 2.85 bits per heavy atom. The average Bonchev–Trinajstić information content (AvgIpc) is 3.58. The number of likely N-dealkylation sites (tertiary alicyclic amines) is 1. The number of rotatable bonds is 4. The summed E-state index contributed by atoms with van der Waals surface area (Å²) in [7, 11) is 1.52. The number of ether oxygens (including phenoxy) is 1. The summed E-state index contributed by atoms with van der Waals surface area (Å²) in [5, 5.41) is 12.4. The van der Waals surface area contributed by atoms with Crippen molar-refractivity contribution >= 4 is 29.6 Å². The first-order valence-electron chi connectivity index (χ1n) is 11.3. The van der Waals surface area contributed by atoms with Gasteiger partial charge in [-0.15, -0.1) is 0 Å². The van der Waals surface area contributed by atoms with Crippen molar-refractivity contribution in [2.45, 2.75) is 44.2 Å². The molecular weight excluding hydrogens is 440 g/mol. The number of urea groups is 1. The van der Waals surface area contributed by atoms with Crippen LogP contribution in [0.5, 0.6) is 0 Å². The number of hydrogen-bond donors (Lipinski definition) is 3. The van der Waals surface area contributed by atoms with Crippen LogP contribution in [0.25, 0.3) is 0 Å². The summed E-state index contributed by atoms with van der Waals surface area (Å²) >= 11 is 0. The molecule has 178 valence electrons. The molecule has 0 bridgehead atoms. The number of hydrogen-bond acceptors (Lipinski definition) is 6. The Morgan fingerprint density at radius 2 is 2.12 bits per heavy atom. The largest absolute Gasteiger partial charge is 0.427 e. The number of carbonyl (C=O) groups is 4. The van der Waals surface area contributed by atoms with Crippen molar-refractivity contribution in [2.75, 3.05) is 25.5 Å². The highest BCUT2D eigenvalue weighted by molar-refractivity contribution is 6.06. The SMILES string of the molecule is CNC(=O)Nc1ccc2c(c1)CCC21OC(=O)N(CC(=O)N2CCC[C@H]2c2cc(C)[nH]n2)C1=O. The quantitative estimate of drug-likeness (QED) is 0.630. The lowest BCUT2D eigenvalue weighted by Gasteiger charge is -2.25. The Morgan fingerprint density at radius 1 is 1.29 bits per heavy atom. The molecule has 2 saturated heterocycles. The Kier molecular flexibility index (Phi) is 5.26. The zero-order valence-corrected chi connectivity index (χ0v) is 19.0. The molecule has 11 nitrogen and oxygen atoms in total. The summed E-state index contributed by atoms with van der Waals surface area (Å²) < 4.78 is 5.63. The molecular formula is C23H26N6O5. The molecule has 1 unspecified atom stereocenters. The van der Waals surface area contributed by atoms with Crippen molar-refractivity contribution in [3.63, 3.8) is 0 Å². The molecule has 11 heteroatoms. The smallest absolute Gasteiger partial charge is 0.418 e. The predicted molar refractivity (Wildman–Crippen MR) is 120 cm³/mol. The summed E-state index contributed by atoms with van der Waals surface area (Å²) in [6, 6.07) is 6.50. The van der Waals surface area contributed by atoms with E-state index in [-0.39, 0.29) is 24.5 Å². The van der Waals surface area contributed by atoms with Crippen LogP contribution in [0.15, 0.2) is 24.3 Å². The number of benzene rings is 1. The molecule has 5 amide bonds.